The molecule has 1 aliphatic heterocycles. The van der Waals surface area contributed by atoms with Crippen molar-refractivity contribution in [2.75, 3.05) is 39.7 Å². The molecule has 3 aliphatic carbocycles. The molecule has 4 aliphatic rings. The van der Waals surface area contributed by atoms with E-state index in [0.29, 0.717) is 31.7 Å². The first-order valence-corrected chi connectivity index (χ1v) is 22.4. The van der Waals surface area contributed by atoms with E-state index < -0.39 is 11.8 Å². The third kappa shape index (κ3) is 9.35. The SMILES string of the molecule is C=CCO[C@@]12Oc3ccc(Oc4ccc(SC)cc4)cc3[C@H]3[C@H](CCCCO)[C@@H](CCCCO)C=C(C(=NOC)C[C@@H]1N(CCC)C(=O)CCC1CCCC1)[C@H]32. The zero-order chi connectivity index (χ0) is 39.5. The number of hydrogen-bond donors (Lipinski definition) is 2. The quantitative estimate of drug-likeness (QED) is 0.0557. The smallest absolute Gasteiger partial charge is 0.239 e. The van der Waals surface area contributed by atoms with Gasteiger partial charge in [-0.3, -0.25) is 4.79 Å². The van der Waals surface area contributed by atoms with Gasteiger partial charge in [-0.25, -0.2) is 0 Å². The molecule has 6 atom stereocenters. The van der Waals surface area contributed by atoms with Gasteiger partial charge in [-0.2, -0.15) is 0 Å². The van der Waals surface area contributed by atoms with E-state index in [1.165, 1.54) is 30.6 Å². The molecule has 2 aromatic carbocycles. The van der Waals surface area contributed by atoms with Gasteiger partial charge in [-0.05, 0) is 111 Å². The normalized spacial score (nSPS) is 26.2. The predicted molar refractivity (Wildman–Crippen MR) is 223 cm³/mol. The summed E-state index contributed by atoms with van der Waals surface area (Å²) in [5.41, 5.74) is 2.92. The predicted octanol–water partition coefficient (Wildman–Crippen LogP) is 9.67. The van der Waals surface area contributed by atoms with Crippen molar-refractivity contribution < 1.29 is 34.1 Å². The Kier molecular flexibility index (Phi) is 15.4. The lowest BCUT2D eigenvalue weighted by Crippen LogP contribution is -2.70. The highest BCUT2D eigenvalue weighted by Gasteiger charge is 2.65. The topological polar surface area (TPSA) is 110 Å². The summed E-state index contributed by atoms with van der Waals surface area (Å²) in [7, 11) is 1.59. The molecule has 1 heterocycles. The summed E-state index contributed by atoms with van der Waals surface area (Å²) in [5, 5.41) is 24.5. The van der Waals surface area contributed by atoms with E-state index in [2.05, 4.69) is 44.0 Å². The van der Waals surface area contributed by atoms with Crippen molar-refractivity contribution in [2.45, 2.75) is 119 Å². The summed E-state index contributed by atoms with van der Waals surface area (Å²) in [6.45, 7) is 7.29. The number of amides is 1. The molecule has 0 radical (unpaired) electrons. The lowest BCUT2D eigenvalue weighted by molar-refractivity contribution is -0.257. The molecule has 2 fully saturated rings. The molecule has 0 bridgehead atoms. The van der Waals surface area contributed by atoms with Gasteiger partial charge in [0.05, 0.1) is 18.2 Å². The van der Waals surface area contributed by atoms with Crippen LogP contribution >= 0.6 is 11.8 Å². The maximum Gasteiger partial charge on any atom is 0.239 e. The number of nitrogens with zero attached hydrogens (tertiary/aromatic N) is 2. The minimum Gasteiger partial charge on any atom is -0.459 e. The Labute approximate surface area is 338 Å². The first kappa shape index (κ1) is 42.3. The van der Waals surface area contributed by atoms with E-state index in [0.717, 1.165) is 79.0 Å². The van der Waals surface area contributed by atoms with Crippen molar-refractivity contribution in [2.24, 2.45) is 28.8 Å². The summed E-state index contributed by atoms with van der Waals surface area (Å²) in [4.78, 5) is 23.4. The number of carbonyl (C=O) groups is 1. The molecule has 6 rings (SSSR count). The number of unbranched alkanes of at least 4 members (excludes halogenated alkanes) is 2. The second-order valence-electron chi connectivity index (χ2n) is 16.0. The Hall–Kier alpha value is -3.31. The lowest BCUT2D eigenvalue weighted by Gasteiger charge is -2.60. The monoisotopic (exact) mass is 788 g/mol. The van der Waals surface area contributed by atoms with Crippen LogP contribution in [-0.2, 0) is 14.4 Å². The number of hydrogen-bond acceptors (Lipinski definition) is 9. The van der Waals surface area contributed by atoms with Crippen LogP contribution in [0.1, 0.15) is 108 Å². The summed E-state index contributed by atoms with van der Waals surface area (Å²) in [6, 6.07) is 13.8. The standard InChI is InChI=1S/C46H64N2O7S/c1-5-25-48(43(51)24-17-32-13-7-8-14-32)42-31-40(47-52-3)38-29-33(15-9-11-26-49)37(16-10-12-27-50)44-39-30-35(54-34-18-21-36(56-4)22-19-34)20-23-41(39)55-46(42,45(38)44)53-28-6-2/h6,18-23,29-30,32-33,37,42,44-45,49-50H,2,5,7-17,24-28,31H2,1,3-4H3/t33-,37+,42-,44+,45+,46+/m0/s1. The van der Waals surface area contributed by atoms with Crippen LogP contribution in [0.4, 0.5) is 0 Å². The summed E-state index contributed by atoms with van der Waals surface area (Å²) < 4.78 is 21.0. The maximum absolute atomic E-state index is 14.6. The molecule has 1 amide bonds. The molecule has 2 saturated carbocycles. The molecule has 306 valence electrons. The molecule has 2 aromatic rings. The van der Waals surface area contributed by atoms with E-state index in [4.69, 9.17) is 24.2 Å². The number of ether oxygens (including phenoxy) is 3. The summed E-state index contributed by atoms with van der Waals surface area (Å²) in [5.74, 6) is 1.61. The van der Waals surface area contributed by atoms with Gasteiger partial charge in [-0.1, -0.05) is 62.8 Å². The fraction of sp³-hybridized carbons (Fsp3) is 0.609. The average molecular weight is 789 g/mol. The van der Waals surface area contributed by atoms with E-state index >= 15 is 0 Å². The molecule has 9 nitrogen and oxygen atoms in total. The third-order valence-corrected chi connectivity index (χ3v) is 13.3. The highest BCUT2D eigenvalue weighted by Crippen LogP contribution is 2.62. The number of oxime groups is 1. The fourth-order valence-corrected chi connectivity index (χ4v) is 10.5. The van der Waals surface area contributed by atoms with Crippen LogP contribution in [0.5, 0.6) is 17.2 Å². The average Bonchev–Trinajstić information content (AvgIpc) is 3.74. The first-order valence-electron chi connectivity index (χ1n) is 21.1. The Morgan fingerprint density at radius 3 is 2.45 bits per heavy atom. The Balaban J connectivity index is 1.52. The summed E-state index contributed by atoms with van der Waals surface area (Å²) >= 11 is 1.69. The van der Waals surface area contributed by atoms with Gasteiger partial charge in [0.2, 0.25) is 11.7 Å². The number of thioether (sulfide) groups is 1. The van der Waals surface area contributed by atoms with Crippen LogP contribution < -0.4 is 9.47 Å². The second-order valence-corrected chi connectivity index (χ2v) is 16.9. The Bertz CT molecular complexity index is 1660. The number of allylic oxidation sites excluding steroid dienone is 1. The molecule has 0 saturated heterocycles. The highest BCUT2D eigenvalue weighted by molar-refractivity contribution is 7.98. The van der Waals surface area contributed by atoms with Crippen molar-refractivity contribution in [3.8, 4) is 17.2 Å². The number of aliphatic hydroxyl groups excluding tert-OH is 2. The van der Waals surface area contributed by atoms with Crippen LogP contribution in [-0.4, -0.2) is 78.3 Å². The van der Waals surface area contributed by atoms with Crippen LogP contribution in [0.2, 0.25) is 0 Å². The van der Waals surface area contributed by atoms with Crippen LogP contribution in [0.3, 0.4) is 0 Å². The largest absolute Gasteiger partial charge is 0.459 e. The van der Waals surface area contributed by atoms with Crippen LogP contribution in [0.15, 0.2) is 76.8 Å². The van der Waals surface area contributed by atoms with Crippen molar-refractivity contribution in [3.63, 3.8) is 0 Å². The molecule has 10 heteroatoms. The van der Waals surface area contributed by atoms with Gasteiger partial charge < -0.3 is 34.2 Å². The lowest BCUT2D eigenvalue weighted by atomic mass is 9.55. The third-order valence-electron chi connectivity index (χ3n) is 12.5. The van der Waals surface area contributed by atoms with Crippen molar-refractivity contribution in [3.05, 3.63) is 72.3 Å². The fourth-order valence-electron chi connectivity index (χ4n) is 10.1. The Morgan fingerprint density at radius 1 is 1.04 bits per heavy atom. The van der Waals surface area contributed by atoms with E-state index in [9.17, 15) is 15.0 Å². The van der Waals surface area contributed by atoms with Gasteiger partial charge >= 0.3 is 0 Å². The van der Waals surface area contributed by atoms with Crippen LogP contribution in [0, 0.1) is 23.7 Å². The van der Waals surface area contributed by atoms with E-state index in [-0.39, 0.29) is 49.4 Å². The van der Waals surface area contributed by atoms with E-state index in [1.54, 1.807) is 24.9 Å². The summed E-state index contributed by atoms with van der Waals surface area (Å²) in [6.07, 6.45) is 18.7. The van der Waals surface area contributed by atoms with Gasteiger partial charge in [0, 0.05) is 49.0 Å². The number of aliphatic hydroxyl groups is 2. The molecule has 0 aromatic heterocycles. The Morgan fingerprint density at radius 2 is 1.77 bits per heavy atom. The van der Waals surface area contributed by atoms with Crippen LogP contribution in [0.25, 0.3) is 0 Å². The van der Waals surface area contributed by atoms with Crippen molar-refractivity contribution in [1.29, 1.82) is 0 Å². The number of carbonyl (C=O) groups excluding carboxylic acids is 1. The molecular weight excluding hydrogens is 725 g/mol. The highest BCUT2D eigenvalue weighted by atomic mass is 32.2. The van der Waals surface area contributed by atoms with Gasteiger partial charge in [0.15, 0.2) is 0 Å². The first-order chi connectivity index (χ1) is 27.4. The van der Waals surface area contributed by atoms with Gasteiger partial charge in [0.25, 0.3) is 0 Å². The van der Waals surface area contributed by atoms with Gasteiger partial charge in [-0.15, -0.1) is 18.3 Å². The second kappa shape index (κ2) is 20.4. The van der Waals surface area contributed by atoms with E-state index in [1.807, 2.05) is 29.2 Å². The van der Waals surface area contributed by atoms with Crippen molar-refractivity contribution in [1.82, 2.24) is 4.90 Å². The molecule has 2 N–H and O–H groups in total. The zero-order valence-electron chi connectivity index (χ0n) is 33.8. The van der Waals surface area contributed by atoms with Crippen molar-refractivity contribution >= 4 is 23.4 Å². The number of benzene rings is 2. The maximum atomic E-state index is 14.6. The zero-order valence-corrected chi connectivity index (χ0v) is 34.7. The molecule has 0 unspecified atom stereocenters. The number of rotatable bonds is 21. The molecule has 56 heavy (non-hydrogen) atoms. The minimum absolute atomic E-state index is 0.0919. The number of fused-ring (bicyclic) bond motifs is 2. The van der Waals surface area contributed by atoms with Gasteiger partial charge in [0.1, 0.15) is 30.4 Å². The molecular formula is C46H64N2O7S. The minimum atomic E-state index is -1.23. The molecule has 0 spiro atoms.